The summed E-state index contributed by atoms with van der Waals surface area (Å²) in [6, 6.07) is 4.37. The van der Waals surface area contributed by atoms with Gasteiger partial charge >= 0.3 is 0 Å². The number of halogens is 3. The zero-order chi connectivity index (χ0) is 20.7. The van der Waals surface area contributed by atoms with Gasteiger partial charge in [0.25, 0.3) is 5.91 Å². The molecule has 0 atom stereocenters. The van der Waals surface area contributed by atoms with Crippen LogP contribution in [-0.2, 0) is 0 Å². The molecule has 1 aromatic heterocycles. The molecule has 1 amide bonds. The number of carbonyl (C=O) groups excluding carboxylic acids is 1. The van der Waals surface area contributed by atoms with Crippen LogP contribution in [0.3, 0.4) is 0 Å². The van der Waals surface area contributed by atoms with Crippen LogP contribution in [0.1, 0.15) is 29.8 Å². The summed E-state index contributed by atoms with van der Waals surface area (Å²) in [4.78, 5) is 18.1. The summed E-state index contributed by atoms with van der Waals surface area (Å²) in [6.07, 6.45) is 2.20. The van der Waals surface area contributed by atoms with Crippen molar-refractivity contribution in [1.82, 2.24) is 15.2 Å². The van der Waals surface area contributed by atoms with Crippen LogP contribution in [0.2, 0.25) is 0 Å². The average molecular weight is 394 g/mol. The van der Waals surface area contributed by atoms with Gasteiger partial charge in [-0.2, -0.15) is 0 Å². The number of hydrogen-bond acceptors (Lipinski definition) is 4. The number of benzene rings is 1. The van der Waals surface area contributed by atoms with Gasteiger partial charge in [-0.1, -0.05) is 19.9 Å². The number of nitrogens with one attached hydrogen (secondary N) is 2. The molecule has 152 valence electrons. The standard InChI is InChI=1S/C18H19F3N4O.C2H6/c1-11-2-3-15(13(20)6-11)24-16-8-22-7-14(21)17(16)18(26)23-12-9-25(10-12)5-4-19;1-2/h2-3,6-8,12,24H,4-5,9-10H2,1H3,(H,23,26);1-2H3. The Bertz CT molecular complexity index is 810. The minimum Gasteiger partial charge on any atom is -0.351 e. The summed E-state index contributed by atoms with van der Waals surface area (Å²) in [5.41, 5.74) is 0.704. The molecule has 0 bridgehead atoms. The summed E-state index contributed by atoms with van der Waals surface area (Å²) in [7, 11) is 0. The van der Waals surface area contributed by atoms with Gasteiger partial charge in [-0.3, -0.25) is 14.7 Å². The molecule has 0 unspecified atom stereocenters. The van der Waals surface area contributed by atoms with Crippen LogP contribution < -0.4 is 10.6 Å². The minimum absolute atomic E-state index is 0.0743. The summed E-state index contributed by atoms with van der Waals surface area (Å²) in [6.45, 7) is 6.64. The lowest BCUT2D eigenvalue weighted by Crippen LogP contribution is -2.59. The van der Waals surface area contributed by atoms with E-state index in [1.165, 1.54) is 18.3 Å². The first-order chi connectivity index (χ1) is 13.5. The number of likely N-dealkylation sites (tertiary alicyclic amines) is 1. The Hall–Kier alpha value is -2.61. The molecule has 1 aliphatic rings. The van der Waals surface area contributed by atoms with Gasteiger partial charge in [0.05, 0.1) is 29.8 Å². The molecule has 1 aliphatic heterocycles. The second-order valence-electron chi connectivity index (χ2n) is 6.27. The van der Waals surface area contributed by atoms with Crippen molar-refractivity contribution < 1.29 is 18.0 Å². The molecular formula is C20H25F3N4O. The van der Waals surface area contributed by atoms with Crippen LogP contribution in [0, 0.1) is 18.6 Å². The lowest BCUT2D eigenvalue weighted by atomic mass is 10.1. The molecule has 5 nitrogen and oxygen atoms in total. The Labute approximate surface area is 163 Å². The topological polar surface area (TPSA) is 57.3 Å². The van der Waals surface area contributed by atoms with Gasteiger partial charge in [-0.15, -0.1) is 0 Å². The summed E-state index contributed by atoms with van der Waals surface area (Å²) >= 11 is 0. The zero-order valence-electron chi connectivity index (χ0n) is 16.2. The highest BCUT2D eigenvalue weighted by atomic mass is 19.1. The van der Waals surface area contributed by atoms with E-state index in [0.29, 0.717) is 19.6 Å². The Morgan fingerprint density at radius 1 is 1.18 bits per heavy atom. The first-order valence-electron chi connectivity index (χ1n) is 9.23. The maximum Gasteiger partial charge on any atom is 0.256 e. The minimum atomic E-state index is -0.806. The fourth-order valence-corrected chi connectivity index (χ4v) is 2.85. The summed E-state index contributed by atoms with van der Waals surface area (Å²) in [5, 5.41) is 5.44. The van der Waals surface area contributed by atoms with Gasteiger partial charge in [-0.25, -0.2) is 13.2 Å². The normalized spacial score (nSPS) is 13.9. The molecule has 1 fully saturated rings. The lowest BCUT2D eigenvalue weighted by molar-refractivity contribution is 0.0795. The number of alkyl halides is 1. The maximum atomic E-state index is 14.2. The number of anilines is 2. The van der Waals surface area contributed by atoms with Crippen molar-refractivity contribution in [3.8, 4) is 0 Å². The summed E-state index contributed by atoms with van der Waals surface area (Å²) in [5.74, 6) is -1.94. The van der Waals surface area contributed by atoms with Crippen molar-refractivity contribution >= 4 is 17.3 Å². The fraction of sp³-hybridized carbons (Fsp3) is 0.400. The van der Waals surface area contributed by atoms with Crippen molar-refractivity contribution in [3.63, 3.8) is 0 Å². The highest BCUT2D eigenvalue weighted by Crippen LogP contribution is 2.25. The predicted molar refractivity (Wildman–Crippen MR) is 104 cm³/mol. The molecule has 2 heterocycles. The van der Waals surface area contributed by atoms with Crippen LogP contribution in [-0.4, -0.2) is 48.1 Å². The van der Waals surface area contributed by atoms with Gasteiger partial charge in [0, 0.05) is 19.6 Å². The Morgan fingerprint density at radius 3 is 2.54 bits per heavy atom. The number of amides is 1. The van der Waals surface area contributed by atoms with Crippen molar-refractivity contribution in [2.24, 2.45) is 0 Å². The van der Waals surface area contributed by atoms with Crippen LogP contribution in [0.15, 0.2) is 30.6 Å². The van der Waals surface area contributed by atoms with Gasteiger partial charge < -0.3 is 10.6 Å². The Kier molecular flexibility index (Phi) is 7.80. The van der Waals surface area contributed by atoms with Crippen LogP contribution in [0.5, 0.6) is 0 Å². The predicted octanol–water partition coefficient (Wildman–Crippen LogP) is 3.82. The first-order valence-corrected chi connectivity index (χ1v) is 9.23. The average Bonchev–Trinajstić information content (AvgIpc) is 2.64. The zero-order valence-corrected chi connectivity index (χ0v) is 16.2. The van der Waals surface area contributed by atoms with Crippen LogP contribution in [0.4, 0.5) is 24.5 Å². The van der Waals surface area contributed by atoms with Crippen molar-refractivity contribution in [3.05, 3.63) is 53.4 Å². The molecule has 28 heavy (non-hydrogen) atoms. The molecule has 1 aromatic carbocycles. The Balaban J connectivity index is 0.00000136. The maximum absolute atomic E-state index is 14.2. The number of nitrogens with zero attached hydrogens (tertiary/aromatic N) is 2. The monoisotopic (exact) mass is 394 g/mol. The van der Waals surface area contributed by atoms with Crippen LogP contribution >= 0.6 is 0 Å². The number of aryl methyl sites for hydroxylation is 1. The molecule has 1 saturated heterocycles. The number of rotatable bonds is 6. The van der Waals surface area contributed by atoms with Crippen molar-refractivity contribution in [2.75, 3.05) is 31.6 Å². The largest absolute Gasteiger partial charge is 0.351 e. The molecular weight excluding hydrogens is 369 g/mol. The van der Waals surface area contributed by atoms with E-state index in [-0.39, 0.29) is 23.0 Å². The molecule has 2 N–H and O–H groups in total. The van der Waals surface area contributed by atoms with Gasteiger partial charge in [0.1, 0.15) is 18.1 Å². The third-order valence-corrected chi connectivity index (χ3v) is 4.21. The fourth-order valence-electron chi connectivity index (χ4n) is 2.85. The molecule has 0 aliphatic carbocycles. The second-order valence-corrected chi connectivity index (χ2v) is 6.27. The van der Waals surface area contributed by atoms with Crippen molar-refractivity contribution in [1.29, 1.82) is 0 Å². The molecule has 0 saturated carbocycles. The van der Waals surface area contributed by atoms with E-state index in [1.54, 1.807) is 13.0 Å². The highest BCUT2D eigenvalue weighted by molar-refractivity contribution is 6.00. The molecule has 0 spiro atoms. The van der Waals surface area contributed by atoms with E-state index in [2.05, 4.69) is 15.6 Å². The highest BCUT2D eigenvalue weighted by Gasteiger charge is 2.29. The molecule has 0 radical (unpaired) electrons. The summed E-state index contributed by atoms with van der Waals surface area (Å²) < 4.78 is 40.5. The van der Waals surface area contributed by atoms with E-state index in [9.17, 15) is 18.0 Å². The van der Waals surface area contributed by atoms with E-state index in [4.69, 9.17) is 0 Å². The number of aromatic nitrogens is 1. The SMILES string of the molecule is CC.Cc1ccc(Nc2cncc(F)c2C(=O)NC2CN(CCF)C2)c(F)c1. The van der Waals surface area contributed by atoms with Gasteiger partial charge in [0.15, 0.2) is 5.82 Å². The molecule has 2 aromatic rings. The Morgan fingerprint density at radius 2 is 1.89 bits per heavy atom. The number of carbonyl (C=O) groups is 1. The first kappa shape index (κ1) is 21.7. The quantitative estimate of drug-likeness (QED) is 0.782. The van der Waals surface area contributed by atoms with E-state index >= 15 is 0 Å². The van der Waals surface area contributed by atoms with Gasteiger partial charge in [-0.05, 0) is 24.6 Å². The smallest absolute Gasteiger partial charge is 0.256 e. The third-order valence-electron chi connectivity index (χ3n) is 4.21. The molecule has 8 heteroatoms. The van der Waals surface area contributed by atoms with E-state index in [1.807, 2.05) is 18.7 Å². The lowest BCUT2D eigenvalue weighted by Gasteiger charge is -2.39. The van der Waals surface area contributed by atoms with Crippen LogP contribution in [0.25, 0.3) is 0 Å². The third kappa shape index (κ3) is 5.22. The van der Waals surface area contributed by atoms with Crippen molar-refractivity contribution in [2.45, 2.75) is 26.8 Å². The van der Waals surface area contributed by atoms with Gasteiger partial charge in [0.2, 0.25) is 0 Å². The number of hydrogen-bond donors (Lipinski definition) is 2. The number of pyridine rings is 1. The van der Waals surface area contributed by atoms with E-state index < -0.39 is 24.2 Å². The van der Waals surface area contributed by atoms with E-state index in [0.717, 1.165) is 11.8 Å². The molecule has 3 rings (SSSR count). The second kappa shape index (κ2) is 10.1.